The molecule has 1 saturated heterocycles. The maximum Gasteiger partial charge on any atom is 0.325 e. The highest BCUT2D eigenvalue weighted by molar-refractivity contribution is 8.00. The first-order valence-corrected chi connectivity index (χ1v) is 11.3. The van der Waals surface area contributed by atoms with Crippen LogP contribution in [-0.4, -0.2) is 39.5 Å². The Kier molecular flexibility index (Phi) is 6.01. The second-order valence-corrected chi connectivity index (χ2v) is 9.21. The van der Waals surface area contributed by atoms with Gasteiger partial charge in [0, 0.05) is 5.75 Å². The van der Waals surface area contributed by atoms with Gasteiger partial charge >= 0.3 is 6.03 Å². The summed E-state index contributed by atoms with van der Waals surface area (Å²) in [4.78, 5) is 38.6. The lowest BCUT2D eigenvalue weighted by Crippen LogP contribution is -2.42. The van der Waals surface area contributed by atoms with Crippen molar-refractivity contribution in [3.05, 3.63) is 71.8 Å². The maximum absolute atomic E-state index is 12.9. The van der Waals surface area contributed by atoms with Crippen LogP contribution >= 0.6 is 23.1 Å². The number of hydrogen-bond acceptors (Lipinski definition) is 7. The third-order valence-electron chi connectivity index (χ3n) is 4.79. The minimum absolute atomic E-state index is 0.318. The molecule has 1 unspecified atom stereocenters. The van der Waals surface area contributed by atoms with Gasteiger partial charge in [0.2, 0.25) is 11.0 Å². The lowest BCUT2D eigenvalue weighted by Gasteiger charge is -2.21. The predicted molar refractivity (Wildman–Crippen MR) is 119 cm³/mol. The third kappa shape index (κ3) is 4.59. The molecule has 31 heavy (non-hydrogen) atoms. The van der Waals surface area contributed by atoms with Crippen LogP contribution in [0.2, 0.25) is 0 Å². The molecule has 3 aromatic rings. The number of nitrogens with zero attached hydrogens (tertiary/aromatic N) is 3. The first-order valence-electron chi connectivity index (χ1n) is 9.45. The van der Waals surface area contributed by atoms with Crippen molar-refractivity contribution >= 4 is 46.1 Å². The summed E-state index contributed by atoms with van der Waals surface area (Å²) in [5.41, 5.74) is 0.608. The Balaban J connectivity index is 1.35. The summed E-state index contributed by atoms with van der Waals surface area (Å²) in [6, 6.07) is 18.3. The van der Waals surface area contributed by atoms with Gasteiger partial charge in [-0.2, -0.15) is 0 Å². The van der Waals surface area contributed by atoms with Gasteiger partial charge in [0.15, 0.2) is 4.34 Å². The maximum atomic E-state index is 12.9. The number of carbonyl (C=O) groups is 3. The Morgan fingerprint density at radius 3 is 2.48 bits per heavy atom. The van der Waals surface area contributed by atoms with Crippen LogP contribution < -0.4 is 10.6 Å². The number of benzene rings is 2. The highest BCUT2D eigenvalue weighted by Gasteiger charge is 2.49. The largest absolute Gasteiger partial charge is 0.325 e. The normalized spacial score (nSPS) is 18.2. The quantitative estimate of drug-likeness (QED) is 0.323. The van der Waals surface area contributed by atoms with Crippen molar-refractivity contribution < 1.29 is 14.4 Å². The molecule has 2 aromatic carbocycles. The zero-order valence-corrected chi connectivity index (χ0v) is 18.2. The van der Waals surface area contributed by atoms with E-state index in [-0.39, 0.29) is 0 Å². The number of nitrogens with one attached hydrogen (secondary N) is 2. The van der Waals surface area contributed by atoms with Crippen LogP contribution in [0.1, 0.15) is 18.1 Å². The highest BCUT2D eigenvalue weighted by Crippen LogP contribution is 2.30. The van der Waals surface area contributed by atoms with Gasteiger partial charge in [0.25, 0.3) is 5.91 Å². The van der Waals surface area contributed by atoms with E-state index in [1.165, 1.54) is 23.1 Å². The van der Waals surface area contributed by atoms with E-state index in [1.54, 1.807) is 31.2 Å². The van der Waals surface area contributed by atoms with E-state index in [9.17, 15) is 14.4 Å². The number of thioether (sulfide) groups is 1. The Bertz CT molecular complexity index is 1110. The van der Waals surface area contributed by atoms with E-state index in [1.807, 2.05) is 36.4 Å². The lowest BCUT2D eigenvalue weighted by atomic mass is 9.92. The Morgan fingerprint density at radius 1 is 1.10 bits per heavy atom. The summed E-state index contributed by atoms with van der Waals surface area (Å²) < 4.78 is 0.714. The number of amides is 4. The summed E-state index contributed by atoms with van der Waals surface area (Å²) in [5.74, 6) is -0.254. The molecule has 158 valence electrons. The molecule has 10 heteroatoms. The molecule has 2 N–H and O–H groups in total. The Hall–Kier alpha value is -3.24. The fourth-order valence-electron chi connectivity index (χ4n) is 3.15. The zero-order chi connectivity index (χ0) is 21.8. The van der Waals surface area contributed by atoms with E-state index in [4.69, 9.17) is 0 Å². The standard InChI is InChI=1S/C21H19N5O3S2/c1-21(15-10-6-3-7-11-15)17(28)26(19(29)23-21)12-16(27)22-18-24-25-20(31-18)30-13-14-8-4-2-5-9-14/h2-11H,12-13H2,1H3,(H,23,29)(H,22,24,27). The fourth-order valence-corrected chi connectivity index (χ4v) is 4.87. The number of aromatic nitrogens is 2. The van der Waals surface area contributed by atoms with Crippen LogP contribution in [0.15, 0.2) is 65.0 Å². The molecular weight excluding hydrogens is 434 g/mol. The van der Waals surface area contributed by atoms with Crippen LogP contribution in [0.25, 0.3) is 0 Å². The number of imide groups is 1. The number of rotatable bonds is 7. The number of hydrogen-bond donors (Lipinski definition) is 2. The molecule has 1 aliphatic rings. The van der Waals surface area contributed by atoms with E-state index >= 15 is 0 Å². The van der Waals surface area contributed by atoms with Crippen LogP contribution in [0.4, 0.5) is 9.93 Å². The molecule has 4 rings (SSSR count). The van der Waals surface area contributed by atoms with E-state index < -0.39 is 29.9 Å². The first-order chi connectivity index (χ1) is 15.0. The molecule has 0 aliphatic carbocycles. The summed E-state index contributed by atoms with van der Waals surface area (Å²) >= 11 is 2.76. The predicted octanol–water partition coefficient (Wildman–Crippen LogP) is 3.24. The van der Waals surface area contributed by atoms with Crippen molar-refractivity contribution in [2.75, 3.05) is 11.9 Å². The summed E-state index contributed by atoms with van der Waals surface area (Å²) in [5, 5.41) is 13.6. The van der Waals surface area contributed by atoms with E-state index in [0.29, 0.717) is 15.0 Å². The summed E-state index contributed by atoms with van der Waals surface area (Å²) in [7, 11) is 0. The summed E-state index contributed by atoms with van der Waals surface area (Å²) in [6.45, 7) is 1.22. The molecule has 4 amide bonds. The fraction of sp³-hybridized carbons (Fsp3) is 0.190. The SMILES string of the molecule is CC1(c2ccccc2)NC(=O)N(CC(=O)Nc2nnc(SCc3ccccc3)s2)C1=O. The number of anilines is 1. The molecule has 1 fully saturated rings. The monoisotopic (exact) mass is 453 g/mol. The van der Waals surface area contributed by atoms with Gasteiger partial charge in [-0.3, -0.25) is 19.8 Å². The number of carbonyl (C=O) groups excluding carboxylic acids is 3. The van der Waals surface area contributed by atoms with Crippen molar-refractivity contribution in [2.45, 2.75) is 22.6 Å². The van der Waals surface area contributed by atoms with Crippen molar-refractivity contribution in [3.63, 3.8) is 0 Å². The molecule has 0 saturated carbocycles. The molecule has 0 radical (unpaired) electrons. The molecule has 0 bridgehead atoms. The van der Waals surface area contributed by atoms with E-state index in [0.717, 1.165) is 16.2 Å². The molecular formula is C21H19N5O3S2. The molecule has 1 atom stereocenters. The van der Waals surface area contributed by atoms with Crippen molar-refractivity contribution in [3.8, 4) is 0 Å². The van der Waals surface area contributed by atoms with Gasteiger partial charge in [-0.15, -0.1) is 10.2 Å². The van der Waals surface area contributed by atoms with Crippen molar-refractivity contribution in [1.29, 1.82) is 0 Å². The minimum atomic E-state index is -1.21. The average Bonchev–Trinajstić information content (AvgIpc) is 3.31. The Morgan fingerprint density at radius 2 is 1.77 bits per heavy atom. The van der Waals surface area contributed by atoms with E-state index in [2.05, 4.69) is 20.8 Å². The Labute approximate surface area is 187 Å². The second-order valence-electron chi connectivity index (χ2n) is 7.01. The summed E-state index contributed by atoms with van der Waals surface area (Å²) in [6.07, 6.45) is 0. The lowest BCUT2D eigenvalue weighted by molar-refractivity contribution is -0.133. The third-order valence-corrected chi connectivity index (χ3v) is 6.83. The molecule has 2 heterocycles. The second kappa shape index (κ2) is 8.86. The van der Waals surface area contributed by atoms with Crippen molar-refractivity contribution in [1.82, 2.24) is 20.4 Å². The minimum Gasteiger partial charge on any atom is -0.319 e. The number of urea groups is 1. The molecule has 0 spiro atoms. The first kappa shape index (κ1) is 21.0. The topological polar surface area (TPSA) is 104 Å². The molecule has 1 aromatic heterocycles. The molecule has 8 nitrogen and oxygen atoms in total. The zero-order valence-electron chi connectivity index (χ0n) is 16.6. The van der Waals surface area contributed by atoms with Crippen LogP contribution in [0.5, 0.6) is 0 Å². The van der Waals surface area contributed by atoms with Gasteiger partial charge in [-0.1, -0.05) is 83.8 Å². The van der Waals surface area contributed by atoms with Gasteiger partial charge < -0.3 is 5.32 Å². The van der Waals surface area contributed by atoms with Crippen molar-refractivity contribution in [2.24, 2.45) is 0 Å². The van der Waals surface area contributed by atoms with Crippen LogP contribution in [-0.2, 0) is 20.9 Å². The molecule has 1 aliphatic heterocycles. The van der Waals surface area contributed by atoms with Gasteiger partial charge in [0.05, 0.1) is 0 Å². The van der Waals surface area contributed by atoms with Gasteiger partial charge in [0.1, 0.15) is 12.1 Å². The highest BCUT2D eigenvalue weighted by atomic mass is 32.2. The van der Waals surface area contributed by atoms with Crippen LogP contribution in [0.3, 0.4) is 0 Å². The van der Waals surface area contributed by atoms with Gasteiger partial charge in [-0.25, -0.2) is 4.79 Å². The average molecular weight is 454 g/mol. The smallest absolute Gasteiger partial charge is 0.319 e. The van der Waals surface area contributed by atoms with Crippen LogP contribution in [0, 0.1) is 0 Å². The van der Waals surface area contributed by atoms with Gasteiger partial charge in [-0.05, 0) is 18.1 Å².